The third-order valence-corrected chi connectivity index (χ3v) is 3.68. The van der Waals surface area contributed by atoms with Crippen molar-refractivity contribution in [3.8, 4) is 5.75 Å². The van der Waals surface area contributed by atoms with Crippen LogP contribution in [0.3, 0.4) is 0 Å². The first-order chi connectivity index (χ1) is 12.9. The number of nitrogens with zero attached hydrogens (tertiary/aromatic N) is 1. The highest BCUT2D eigenvalue weighted by Gasteiger charge is 2.28. The van der Waals surface area contributed by atoms with E-state index in [0.717, 1.165) is 0 Å². The lowest BCUT2D eigenvalue weighted by atomic mass is 10.1. The summed E-state index contributed by atoms with van der Waals surface area (Å²) in [6.07, 6.45) is -3.93. The van der Waals surface area contributed by atoms with Gasteiger partial charge in [0.25, 0.3) is 0 Å². The molecule has 0 aliphatic heterocycles. The average Bonchev–Trinajstić information content (AvgIpc) is 2.64. The Hall–Kier alpha value is -2.04. The first kappa shape index (κ1) is 24.0. The van der Waals surface area contributed by atoms with Crippen molar-refractivity contribution in [3.05, 3.63) is 65.5 Å². The number of aliphatic imine (C=N–C) groups is 1. The predicted molar refractivity (Wildman–Crippen MR) is 112 cm³/mol. The van der Waals surface area contributed by atoms with E-state index >= 15 is 0 Å². The molecule has 2 aromatic carbocycles. The molecule has 2 aromatic rings. The maximum Gasteiger partial charge on any atom is 0.422 e. The van der Waals surface area contributed by atoms with Crippen LogP contribution in [0.25, 0.3) is 0 Å². The van der Waals surface area contributed by atoms with E-state index in [1.54, 1.807) is 43.4 Å². The molecule has 0 aliphatic rings. The molecule has 2 N–H and O–H groups in total. The van der Waals surface area contributed by atoms with E-state index in [4.69, 9.17) is 4.74 Å². The molecule has 9 heteroatoms. The van der Waals surface area contributed by atoms with E-state index in [1.807, 2.05) is 0 Å². The Morgan fingerprint density at radius 1 is 1.00 bits per heavy atom. The smallest absolute Gasteiger partial charge is 0.422 e. The summed E-state index contributed by atoms with van der Waals surface area (Å²) in [5.74, 6) is 0.346. The van der Waals surface area contributed by atoms with Crippen molar-refractivity contribution in [2.24, 2.45) is 4.99 Å². The quantitative estimate of drug-likeness (QED) is 0.253. The van der Waals surface area contributed by atoms with Gasteiger partial charge in [0.2, 0.25) is 0 Å². The summed E-state index contributed by atoms with van der Waals surface area (Å²) >= 11 is 0. The number of para-hydroxylation sites is 1. The second-order valence-electron chi connectivity index (χ2n) is 5.71. The minimum Gasteiger partial charge on any atom is -0.484 e. The number of benzene rings is 2. The number of ether oxygens (including phenoxy) is 1. The summed E-state index contributed by atoms with van der Waals surface area (Å²) in [6, 6.07) is 13.0. The number of hydrogen-bond donors (Lipinski definition) is 2. The van der Waals surface area contributed by atoms with Crippen molar-refractivity contribution in [2.45, 2.75) is 19.1 Å². The summed E-state index contributed by atoms with van der Waals surface area (Å²) in [6.45, 7) is -0.667. The molecule has 0 fully saturated rings. The summed E-state index contributed by atoms with van der Waals surface area (Å²) in [7, 11) is 1.57. The van der Waals surface area contributed by atoms with Crippen LogP contribution in [-0.4, -0.2) is 32.3 Å². The van der Waals surface area contributed by atoms with Gasteiger partial charge in [0.15, 0.2) is 12.6 Å². The van der Waals surface area contributed by atoms with E-state index in [-0.39, 0.29) is 42.1 Å². The molecule has 2 rings (SSSR count). The fourth-order valence-electron chi connectivity index (χ4n) is 2.37. The van der Waals surface area contributed by atoms with Crippen LogP contribution in [0.1, 0.15) is 11.1 Å². The lowest BCUT2D eigenvalue weighted by Gasteiger charge is -2.15. The van der Waals surface area contributed by atoms with Crippen molar-refractivity contribution in [1.82, 2.24) is 10.6 Å². The number of rotatable bonds is 7. The fourth-order valence-corrected chi connectivity index (χ4v) is 2.37. The first-order valence-electron chi connectivity index (χ1n) is 8.34. The molecule has 4 nitrogen and oxygen atoms in total. The van der Waals surface area contributed by atoms with E-state index in [0.29, 0.717) is 30.1 Å². The Balaban J connectivity index is 0.00000392. The molecule has 28 heavy (non-hydrogen) atoms. The first-order valence-corrected chi connectivity index (χ1v) is 8.34. The highest BCUT2D eigenvalue weighted by atomic mass is 127. The van der Waals surface area contributed by atoms with Crippen molar-refractivity contribution >= 4 is 29.9 Å². The standard InChI is InChI=1S/C19H21F4N3O.HI/c1-24-18(25-11-10-14-6-2-4-8-16(14)20)26-12-15-7-3-5-9-17(15)27-13-19(21,22)23;/h2-9H,10-13H2,1H3,(H2,24,25,26);1H. The van der Waals surface area contributed by atoms with E-state index in [1.165, 1.54) is 12.1 Å². The third-order valence-electron chi connectivity index (χ3n) is 3.68. The zero-order valence-electron chi connectivity index (χ0n) is 15.2. The number of alkyl halides is 3. The Labute approximate surface area is 178 Å². The summed E-state index contributed by atoms with van der Waals surface area (Å²) in [4.78, 5) is 4.05. The molecule has 0 radical (unpaired) electrons. The largest absolute Gasteiger partial charge is 0.484 e. The molecule has 0 atom stereocenters. The van der Waals surface area contributed by atoms with Crippen LogP contribution in [0, 0.1) is 5.82 Å². The van der Waals surface area contributed by atoms with Crippen LogP contribution < -0.4 is 15.4 Å². The highest BCUT2D eigenvalue weighted by molar-refractivity contribution is 14.0. The Morgan fingerprint density at radius 3 is 2.29 bits per heavy atom. The van der Waals surface area contributed by atoms with Crippen molar-refractivity contribution in [2.75, 3.05) is 20.2 Å². The Kier molecular flexibility index (Phi) is 10.0. The minimum atomic E-state index is -4.40. The summed E-state index contributed by atoms with van der Waals surface area (Å²) in [5.41, 5.74) is 1.16. The van der Waals surface area contributed by atoms with Gasteiger partial charge in [0.1, 0.15) is 11.6 Å². The molecule has 0 unspecified atom stereocenters. The topological polar surface area (TPSA) is 45.7 Å². The second kappa shape index (κ2) is 11.7. The van der Waals surface area contributed by atoms with Crippen LogP contribution in [0.5, 0.6) is 5.75 Å². The van der Waals surface area contributed by atoms with Gasteiger partial charge < -0.3 is 15.4 Å². The molecule has 0 aromatic heterocycles. The monoisotopic (exact) mass is 511 g/mol. The highest BCUT2D eigenvalue weighted by Crippen LogP contribution is 2.22. The van der Waals surface area contributed by atoms with Crippen LogP contribution in [0.4, 0.5) is 17.6 Å². The third kappa shape index (κ3) is 8.32. The number of hydrogen-bond acceptors (Lipinski definition) is 2. The molecule has 0 aliphatic carbocycles. The van der Waals surface area contributed by atoms with Crippen molar-refractivity contribution < 1.29 is 22.3 Å². The summed E-state index contributed by atoms with van der Waals surface area (Å²) in [5, 5.41) is 6.05. The molecule has 0 heterocycles. The van der Waals surface area contributed by atoms with Gasteiger partial charge in [-0.3, -0.25) is 4.99 Å². The van der Waals surface area contributed by atoms with E-state index in [2.05, 4.69) is 15.6 Å². The molecule has 0 saturated carbocycles. The maximum absolute atomic E-state index is 13.6. The zero-order valence-corrected chi connectivity index (χ0v) is 17.6. The van der Waals surface area contributed by atoms with Crippen molar-refractivity contribution in [1.29, 1.82) is 0 Å². The predicted octanol–water partition coefficient (Wildman–Crippen LogP) is 4.29. The SMILES string of the molecule is CN=C(NCCc1ccccc1F)NCc1ccccc1OCC(F)(F)F.I. The average molecular weight is 511 g/mol. The van der Waals surface area contributed by atoms with Gasteiger partial charge in [0, 0.05) is 25.7 Å². The molecular weight excluding hydrogens is 489 g/mol. The van der Waals surface area contributed by atoms with Crippen LogP contribution in [0.15, 0.2) is 53.5 Å². The fraction of sp³-hybridized carbons (Fsp3) is 0.316. The molecule has 0 spiro atoms. The molecule has 154 valence electrons. The van der Waals surface area contributed by atoms with E-state index in [9.17, 15) is 17.6 Å². The number of nitrogens with one attached hydrogen (secondary N) is 2. The van der Waals surface area contributed by atoms with Crippen LogP contribution in [0.2, 0.25) is 0 Å². The van der Waals surface area contributed by atoms with E-state index < -0.39 is 12.8 Å². The molecule has 0 amide bonds. The van der Waals surface area contributed by atoms with Crippen LogP contribution >= 0.6 is 24.0 Å². The molecule has 0 saturated heterocycles. The van der Waals surface area contributed by atoms with Gasteiger partial charge in [0.05, 0.1) is 0 Å². The number of guanidine groups is 1. The molecular formula is C19H22F4IN3O. The van der Waals surface area contributed by atoms with Gasteiger partial charge in [-0.25, -0.2) is 4.39 Å². The van der Waals surface area contributed by atoms with Crippen LogP contribution in [-0.2, 0) is 13.0 Å². The number of halogens is 5. The van der Waals surface area contributed by atoms with Gasteiger partial charge in [-0.05, 0) is 24.1 Å². The lowest BCUT2D eigenvalue weighted by molar-refractivity contribution is -0.153. The van der Waals surface area contributed by atoms with Gasteiger partial charge in [-0.1, -0.05) is 36.4 Å². The normalized spacial score (nSPS) is 11.5. The zero-order chi connectivity index (χ0) is 19.7. The summed E-state index contributed by atoms with van der Waals surface area (Å²) < 4.78 is 55.5. The lowest BCUT2D eigenvalue weighted by Crippen LogP contribution is -2.38. The van der Waals surface area contributed by atoms with Gasteiger partial charge in [-0.15, -0.1) is 24.0 Å². The van der Waals surface area contributed by atoms with Gasteiger partial charge >= 0.3 is 6.18 Å². The second-order valence-corrected chi connectivity index (χ2v) is 5.71. The Bertz CT molecular complexity index is 769. The Morgan fingerprint density at radius 2 is 1.64 bits per heavy atom. The molecule has 0 bridgehead atoms. The maximum atomic E-state index is 13.6. The van der Waals surface area contributed by atoms with Gasteiger partial charge in [-0.2, -0.15) is 13.2 Å². The van der Waals surface area contributed by atoms with Crippen molar-refractivity contribution in [3.63, 3.8) is 0 Å². The minimum absolute atomic E-state index is 0.